The standard InChI is InChI=1S/C15H12N2O2/c18-9-14-12-3-1-2-4-13(12)15(17-16-14)10-5-7-11(19)8-6-10/h1-9,14,16,19H. The van der Waals surface area contributed by atoms with E-state index >= 15 is 0 Å². The summed E-state index contributed by atoms with van der Waals surface area (Å²) < 4.78 is 0. The van der Waals surface area contributed by atoms with E-state index in [9.17, 15) is 9.90 Å². The van der Waals surface area contributed by atoms with Crippen LogP contribution in [0.5, 0.6) is 5.75 Å². The summed E-state index contributed by atoms with van der Waals surface area (Å²) in [5.41, 5.74) is 6.36. The molecule has 19 heavy (non-hydrogen) atoms. The van der Waals surface area contributed by atoms with Gasteiger partial charge in [-0.05, 0) is 29.8 Å². The number of hydrazone groups is 1. The van der Waals surface area contributed by atoms with Crippen LogP contribution in [0.1, 0.15) is 22.7 Å². The van der Waals surface area contributed by atoms with Gasteiger partial charge >= 0.3 is 0 Å². The zero-order chi connectivity index (χ0) is 13.2. The molecule has 0 radical (unpaired) electrons. The largest absolute Gasteiger partial charge is 0.508 e. The number of hydrogen-bond donors (Lipinski definition) is 2. The number of benzene rings is 2. The number of nitrogens with one attached hydrogen (secondary N) is 1. The van der Waals surface area contributed by atoms with E-state index in [1.807, 2.05) is 24.3 Å². The van der Waals surface area contributed by atoms with Gasteiger partial charge in [0.1, 0.15) is 18.1 Å². The third-order valence-corrected chi connectivity index (χ3v) is 3.14. The van der Waals surface area contributed by atoms with Gasteiger partial charge in [-0.1, -0.05) is 24.3 Å². The Morgan fingerprint density at radius 3 is 2.58 bits per heavy atom. The highest BCUT2D eigenvalue weighted by Gasteiger charge is 2.22. The molecule has 0 saturated heterocycles. The molecular formula is C15H12N2O2. The van der Waals surface area contributed by atoms with Crippen LogP contribution in [0, 0.1) is 0 Å². The smallest absolute Gasteiger partial charge is 0.148 e. The van der Waals surface area contributed by atoms with Crippen molar-refractivity contribution in [3.8, 4) is 5.75 Å². The van der Waals surface area contributed by atoms with Gasteiger partial charge < -0.3 is 9.90 Å². The Morgan fingerprint density at radius 2 is 1.84 bits per heavy atom. The van der Waals surface area contributed by atoms with Crippen LogP contribution in [0.2, 0.25) is 0 Å². The second-order valence-corrected chi connectivity index (χ2v) is 4.34. The molecule has 2 aromatic carbocycles. The molecular weight excluding hydrogens is 240 g/mol. The molecule has 1 aliphatic rings. The molecule has 0 aromatic heterocycles. The molecule has 0 fully saturated rings. The number of phenols is 1. The van der Waals surface area contributed by atoms with Crippen LogP contribution >= 0.6 is 0 Å². The fraction of sp³-hybridized carbons (Fsp3) is 0.0667. The highest BCUT2D eigenvalue weighted by Crippen LogP contribution is 2.25. The van der Waals surface area contributed by atoms with Gasteiger partial charge in [0.05, 0.1) is 5.71 Å². The van der Waals surface area contributed by atoms with Crippen molar-refractivity contribution in [2.45, 2.75) is 6.04 Å². The molecule has 0 amide bonds. The van der Waals surface area contributed by atoms with Gasteiger partial charge in [0.15, 0.2) is 0 Å². The lowest BCUT2D eigenvalue weighted by atomic mass is 9.93. The van der Waals surface area contributed by atoms with Crippen molar-refractivity contribution in [3.05, 3.63) is 65.2 Å². The predicted octanol–water partition coefficient (Wildman–Crippen LogP) is 1.99. The lowest BCUT2D eigenvalue weighted by molar-refractivity contribution is -0.109. The second-order valence-electron chi connectivity index (χ2n) is 4.34. The van der Waals surface area contributed by atoms with Crippen molar-refractivity contribution >= 4 is 12.0 Å². The number of hydrogen-bond acceptors (Lipinski definition) is 4. The maximum Gasteiger partial charge on any atom is 0.148 e. The second kappa shape index (κ2) is 4.57. The minimum atomic E-state index is -0.405. The van der Waals surface area contributed by atoms with Crippen LogP contribution in [-0.2, 0) is 4.79 Å². The predicted molar refractivity (Wildman–Crippen MR) is 72.1 cm³/mol. The van der Waals surface area contributed by atoms with E-state index in [4.69, 9.17) is 0 Å². The molecule has 0 spiro atoms. The maximum absolute atomic E-state index is 11.0. The van der Waals surface area contributed by atoms with Gasteiger partial charge in [0.25, 0.3) is 0 Å². The van der Waals surface area contributed by atoms with Gasteiger partial charge in [-0.3, -0.25) is 5.43 Å². The number of rotatable bonds is 2. The van der Waals surface area contributed by atoms with Crippen LogP contribution in [0.4, 0.5) is 0 Å². The lowest BCUT2D eigenvalue weighted by Gasteiger charge is -2.22. The molecule has 4 nitrogen and oxygen atoms in total. The van der Waals surface area contributed by atoms with Gasteiger partial charge in [-0.15, -0.1) is 0 Å². The number of carbonyl (C=O) groups is 1. The Hall–Kier alpha value is -2.62. The fourth-order valence-electron chi connectivity index (χ4n) is 2.19. The van der Waals surface area contributed by atoms with E-state index in [2.05, 4.69) is 10.5 Å². The Labute approximate surface area is 110 Å². The summed E-state index contributed by atoms with van der Waals surface area (Å²) in [5.74, 6) is 0.215. The first-order valence-corrected chi connectivity index (χ1v) is 5.97. The highest BCUT2D eigenvalue weighted by molar-refractivity contribution is 6.14. The van der Waals surface area contributed by atoms with Gasteiger partial charge in [0.2, 0.25) is 0 Å². The van der Waals surface area contributed by atoms with E-state index in [1.165, 1.54) is 0 Å². The summed E-state index contributed by atoms with van der Waals surface area (Å²) in [7, 11) is 0. The van der Waals surface area contributed by atoms with Crippen LogP contribution < -0.4 is 5.43 Å². The first-order valence-electron chi connectivity index (χ1n) is 5.97. The molecule has 1 atom stereocenters. The summed E-state index contributed by atoms with van der Waals surface area (Å²) in [6.07, 6.45) is 0.843. The van der Waals surface area contributed by atoms with Gasteiger partial charge in [-0.2, -0.15) is 5.10 Å². The quantitative estimate of drug-likeness (QED) is 0.803. The Balaban J connectivity index is 2.11. The van der Waals surface area contributed by atoms with Crippen molar-refractivity contribution in [2.75, 3.05) is 0 Å². The number of aromatic hydroxyl groups is 1. The third kappa shape index (κ3) is 1.97. The van der Waals surface area contributed by atoms with Crippen molar-refractivity contribution in [2.24, 2.45) is 5.10 Å². The third-order valence-electron chi connectivity index (χ3n) is 3.14. The number of nitrogens with zero attached hydrogens (tertiary/aromatic N) is 1. The molecule has 94 valence electrons. The SMILES string of the molecule is O=CC1NN=C(c2ccc(O)cc2)c2ccccc21. The Morgan fingerprint density at radius 1 is 1.11 bits per heavy atom. The van der Waals surface area contributed by atoms with Crippen LogP contribution in [0.3, 0.4) is 0 Å². The molecule has 2 N–H and O–H groups in total. The first kappa shape index (κ1) is 11.5. The van der Waals surface area contributed by atoms with Gasteiger partial charge in [0, 0.05) is 11.1 Å². The average molecular weight is 252 g/mol. The highest BCUT2D eigenvalue weighted by atomic mass is 16.3. The summed E-state index contributed by atoms with van der Waals surface area (Å²) in [4.78, 5) is 11.0. The molecule has 0 aliphatic carbocycles. The number of phenolic OH excluding ortho intramolecular Hbond substituents is 1. The van der Waals surface area contributed by atoms with Crippen molar-refractivity contribution in [1.82, 2.24) is 5.43 Å². The van der Waals surface area contributed by atoms with Gasteiger partial charge in [-0.25, -0.2) is 0 Å². The summed E-state index contributed by atoms with van der Waals surface area (Å²) in [6, 6.07) is 14.1. The minimum absolute atomic E-state index is 0.215. The van der Waals surface area contributed by atoms with Crippen molar-refractivity contribution < 1.29 is 9.90 Å². The molecule has 1 heterocycles. The summed E-state index contributed by atoms with van der Waals surface area (Å²) >= 11 is 0. The average Bonchev–Trinajstić information content (AvgIpc) is 2.47. The first-order chi connectivity index (χ1) is 9.29. The normalized spacial score (nSPS) is 17.1. The van der Waals surface area contributed by atoms with E-state index < -0.39 is 6.04 Å². The van der Waals surface area contributed by atoms with E-state index in [-0.39, 0.29) is 5.75 Å². The van der Waals surface area contributed by atoms with Crippen molar-refractivity contribution in [3.63, 3.8) is 0 Å². The molecule has 3 rings (SSSR count). The topological polar surface area (TPSA) is 61.7 Å². The molecule has 1 unspecified atom stereocenters. The molecule has 2 aromatic rings. The zero-order valence-electron chi connectivity index (χ0n) is 10.1. The van der Waals surface area contributed by atoms with Crippen molar-refractivity contribution in [1.29, 1.82) is 0 Å². The number of aldehydes is 1. The van der Waals surface area contributed by atoms with E-state index in [0.717, 1.165) is 28.7 Å². The van der Waals surface area contributed by atoms with E-state index in [1.54, 1.807) is 24.3 Å². The number of carbonyl (C=O) groups excluding carboxylic acids is 1. The van der Waals surface area contributed by atoms with Crippen LogP contribution in [0.25, 0.3) is 0 Å². The minimum Gasteiger partial charge on any atom is -0.508 e. The van der Waals surface area contributed by atoms with Crippen LogP contribution in [-0.4, -0.2) is 17.1 Å². The Kier molecular flexibility index (Phi) is 2.76. The molecule has 4 heteroatoms. The lowest BCUT2D eigenvalue weighted by Crippen LogP contribution is -2.27. The monoisotopic (exact) mass is 252 g/mol. The number of fused-ring (bicyclic) bond motifs is 1. The zero-order valence-corrected chi connectivity index (χ0v) is 10.1. The van der Waals surface area contributed by atoms with E-state index in [0.29, 0.717) is 0 Å². The molecule has 0 bridgehead atoms. The summed E-state index contributed by atoms with van der Waals surface area (Å²) in [5, 5.41) is 13.6. The maximum atomic E-state index is 11.0. The summed E-state index contributed by atoms with van der Waals surface area (Å²) in [6.45, 7) is 0. The molecule has 0 saturated carbocycles. The Bertz CT molecular complexity index is 647. The van der Waals surface area contributed by atoms with Crippen LogP contribution in [0.15, 0.2) is 53.6 Å². The fourth-order valence-corrected chi connectivity index (χ4v) is 2.19. The molecule has 1 aliphatic heterocycles.